The Balaban J connectivity index is 2.32. The molecule has 0 bridgehead atoms. The first-order valence-electron chi connectivity index (χ1n) is 4.65. The number of para-hydroxylation sites is 1. The van der Waals surface area contributed by atoms with Crippen molar-refractivity contribution < 1.29 is 9.47 Å². The van der Waals surface area contributed by atoms with Crippen LogP contribution in [0, 0.1) is 0 Å². The van der Waals surface area contributed by atoms with Gasteiger partial charge in [0, 0.05) is 0 Å². The summed E-state index contributed by atoms with van der Waals surface area (Å²) in [6, 6.07) is 7.74. The van der Waals surface area contributed by atoms with Crippen molar-refractivity contribution in [2.45, 2.75) is 13.0 Å². The van der Waals surface area contributed by atoms with Gasteiger partial charge in [-0.3, -0.25) is 0 Å². The SMILES string of the molecule is COc1ccccc1C1=NCC(C)O1. The molecule has 3 heteroatoms. The highest BCUT2D eigenvalue weighted by molar-refractivity contribution is 5.97. The summed E-state index contributed by atoms with van der Waals surface area (Å²) >= 11 is 0. The molecule has 1 aliphatic heterocycles. The lowest BCUT2D eigenvalue weighted by Crippen LogP contribution is -2.09. The molecule has 0 aromatic heterocycles. The summed E-state index contributed by atoms with van der Waals surface area (Å²) in [5.41, 5.74) is 0.930. The largest absolute Gasteiger partial charge is 0.496 e. The number of aliphatic imine (C=N–C) groups is 1. The van der Waals surface area contributed by atoms with Crippen LogP contribution in [0.15, 0.2) is 29.3 Å². The van der Waals surface area contributed by atoms with Crippen LogP contribution in [0.25, 0.3) is 0 Å². The second-order valence-corrected chi connectivity index (χ2v) is 3.27. The Morgan fingerprint density at radius 1 is 1.43 bits per heavy atom. The Morgan fingerprint density at radius 2 is 2.21 bits per heavy atom. The Labute approximate surface area is 83.4 Å². The first-order chi connectivity index (χ1) is 6.81. The van der Waals surface area contributed by atoms with Crippen molar-refractivity contribution in [3.63, 3.8) is 0 Å². The van der Waals surface area contributed by atoms with Gasteiger partial charge in [-0.1, -0.05) is 12.1 Å². The minimum Gasteiger partial charge on any atom is -0.496 e. The molecule has 1 aromatic carbocycles. The lowest BCUT2D eigenvalue weighted by molar-refractivity contribution is 0.245. The van der Waals surface area contributed by atoms with Crippen molar-refractivity contribution in [1.29, 1.82) is 0 Å². The summed E-state index contributed by atoms with van der Waals surface area (Å²) in [5.74, 6) is 1.50. The molecular weight excluding hydrogens is 178 g/mol. The van der Waals surface area contributed by atoms with Crippen LogP contribution < -0.4 is 4.74 Å². The van der Waals surface area contributed by atoms with Gasteiger partial charge in [-0.25, -0.2) is 4.99 Å². The van der Waals surface area contributed by atoms with Gasteiger partial charge in [0.25, 0.3) is 0 Å². The molecule has 1 atom stereocenters. The molecule has 0 saturated heterocycles. The highest BCUT2D eigenvalue weighted by Crippen LogP contribution is 2.21. The summed E-state index contributed by atoms with van der Waals surface area (Å²) in [6.45, 7) is 2.74. The second kappa shape index (κ2) is 3.70. The Bertz CT molecular complexity index is 360. The molecule has 14 heavy (non-hydrogen) atoms. The highest BCUT2D eigenvalue weighted by Gasteiger charge is 2.19. The molecule has 1 aromatic rings. The topological polar surface area (TPSA) is 30.8 Å². The van der Waals surface area contributed by atoms with E-state index in [-0.39, 0.29) is 6.10 Å². The molecule has 0 N–H and O–H groups in total. The van der Waals surface area contributed by atoms with Gasteiger partial charge >= 0.3 is 0 Å². The van der Waals surface area contributed by atoms with Crippen molar-refractivity contribution in [3.8, 4) is 5.75 Å². The van der Waals surface area contributed by atoms with Crippen LogP contribution in [0.1, 0.15) is 12.5 Å². The normalized spacial score (nSPS) is 20.1. The summed E-state index contributed by atoms with van der Waals surface area (Å²) in [6.07, 6.45) is 0.176. The van der Waals surface area contributed by atoms with E-state index >= 15 is 0 Å². The number of ether oxygens (including phenoxy) is 2. The first kappa shape index (κ1) is 9.06. The van der Waals surface area contributed by atoms with Gasteiger partial charge in [-0.15, -0.1) is 0 Å². The average Bonchev–Trinajstić information content (AvgIpc) is 2.65. The fourth-order valence-electron chi connectivity index (χ4n) is 1.45. The van der Waals surface area contributed by atoms with Gasteiger partial charge < -0.3 is 9.47 Å². The van der Waals surface area contributed by atoms with E-state index in [1.165, 1.54) is 0 Å². The summed E-state index contributed by atoms with van der Waals surface area (Å²) in [4.78, 5) is 4.31. The molecule has 0 spiro atoms. The van der Waals surface area contributed by atoms with Gasteiger partial charge in [0.15, 0.2) is 0 Å². The Morgan fingerprint density at radius 3 is 2.86 bits per heavy atom. The summed E-state index contributed by atoms with van der Waals surface area (Å²) < 4.78 is 10.8. The molecule has 74 valence electrons. The second-order valence-electron chi connectivity index (χ2n) is 3.27. The van der Waals surface area contributed by atoms with E-state index in [1.54, 1.807) is 7.11 Å². The Kier molecular flexibility index (Phi) is 2.39. The van der Waals surface area contributed by atoms with Crippen LogP contribution in [-0.2, 0) is 4.74 Å². The molecule has 0 fully saturated rings. The maximum atomic E-state index is 5.56. The number of rotatable bonds is 2. The summed E-state index contributed by atoms with van der Waals surface area (Å²) in [5, 5.41) is 0. The highest BCUT2D eigenvalue weighted by atomic mass is 16.5. The quantitative estimate of drug-likeness (QED) is 0.714. The van der Waals surface area contributed by atoms with E-state index in [0.717, 1.165) is 17.9 Å². The molecule has 1 aliphatic rings. The molecule has 0 saturated carbocycles. The molecule has 0 radical (unpaired) electrons. The monoisotopic (exact) mass is 191 g/mol. The van der Waals surface area contributed by atoms with E-state index in [0.29, 0.717) is 5.90 Å². The smallest absolute Gasteiger partial charge is 0.220 e. The Hall–Kier alpha value is -1.51. The van der Waals surface area contributed by atoms with Crippen molar-refractivity contribution in [1.82, 2.24) is 0 Å². The van der Waals surface area contributed by atoms with Crippen LogP contribution in [0.4, 0.5) is 0 Å². The van der Waals surface area contributed by atoms with Gasteiger partial charge in [-0.05, 0) is 19.1 Å². The fourth-order valence-corrected chi connectivity index (χ4v) is 1.45. The van der Waals surface area contributed by atoms with E-state index < -0.39 is 0 Å². The van der Waals surface area contributed by atoms with Crippen molar-refractivity contribution >= 4 is 5.90 Å². The molecule has 0 amide bonds. The van der Waals surface area contributed by atoms with Crippen LogP contribution in [-0.4, -0.2) is 25.7 Å². The third-order valence-corrected chi connectivity index (χ3v) is 2.14. The predicted octanol–water partition coefficient (Wildman–Crippen LogP) is 1.86. The van der Waals surface area contributed by atoms with Crippen molar-refractivity contribution in [3.05, 3.63) is 29.8 Å². The average molecular weight is 191 g/mol. The molecule has 1 heterocycles. The standard InChI is InChI=1S/C11H13NO2/c1-8-7-12-11(14-8)9-5-3-4-6-10(9)13-2/h3-6,8H,7H2,1-2H3. The minimum absolute atomic E-state index is 0.176. The number of nitrogens with zero attached hydrogens (tertiary/aromatic N) is 1. The number of hydrogen-bond acceptors (Lipinski definition) is 3. The van der Waals surface area contributed by atoms with Crippen LogP contribution in [0.3, 0.4) is 0 Å². The maximum absolute atomic E-state index is 5.56. The zero-order chi connectivity index (χ0) is 9.97. The van der Waals surface area contributed by atoms with Crippen molar-refractivity contribution in [2.75, 3.05) is 13.7 Å². The maximum Gasteiger partial charge on any atom is 0.220 e. The van der Waals surface area contributed by atoms with Crippen molar-refractivity contribution in [2.24, 2.45) is 4.99 Å². The number of benzene rings is 1. The first-order valence-corrected chi connectivity index (χ1v) is 4.65. The number of hydrogen-bond donors (Lipinski definition) is 0. The van der Waals surface area contributed by atoms with E-state index in [4.69, 9.17) is 9.47 Å². The number of methoxy groups -OCH3 is 1. The molecule has 3 nitrogen and oxygen atoms in total. The van der Waals surface area contributed by atoms with Crippen LogP contribution in [0.2, 0.25) is 0 Å². The summed E-state index contributed by atoms with van der Waals surface area (Å²) in [7, 11) is 1.65. The van der Waals surface area contributed by atoms with E-state index in [9.17, 15) is 0 Å². The van der Waals surface area contributed by atoms with Gasteiger partial charge in [0.2, 0.25) is 5.90 Å². The predicted molar refractivity (Wildman–Crippen MR) is 54.9 cm³/mol. The van der Waals surface area contributed by atoms with Gasteiger partial charge in [0.05, 0.1) is 19.2 Å². The lowest BCUT2D eigenvalue weighted by atomic mass is 10.2. The van der Waals surface area contributed by atoms with Crippen LogP contribution in [0.5, 0.6) is 5.75 Å². The van der Waals surface area contributed by atoms with Gasteiger partial charge in [0.1, 0.15) is 11.9 Å². The van der Waals surface area contributed by atoms with E-state index in [1.807, 2.05) is 31.2 Å². The fraction of sp³-hybridized carbons (Fsp3) is 0.364. The van der Waals surface area contributed by atoms with E-state index in [2.05, 4.69) is 4.99 Å². The molecule has 2 rings (SSSR count). The molecular formula is C11H13NO2. The molecule has 0 aliphatic carbocycles. The van der Waals surface area contributed by atoms with Gasteiger partial charge in [-0.2, -0.15) is 0 Å². The lowest BCUT2D eigenvalue weighted by Gasteiger charge is -2.09. The zero-order valence-electron chi connectivity index (χ0n) is 8.36. The van der Waals surface area contributed by atoms with Crippen LogP contribution >= 0.6 is 0 Å². The zero-order valence-corrected chi connectivity index (χ0v) is 8.36. The third-order valence-electron chi connectivity index (χ3n) is 2.14. The third kappa shape index (κ3) is 1.58. The molecule has 1 unspecified atom stereocenters. The minimum atomic E-state index is 0.176.